The summed E-state index contributed by atoms with van der Waals surface area (Å²) in [4.78, 5) is 9.24. The molecule has 0 saturated heterocycles. The standard InChI is InChI=1S/C15H13F3N2O/c1-11(14-4-2-3-9-19-14)20-21-10-12-5-7-13(8-6-12)15(16,17)18/h2-9H,10H2,1H3/b20-11-. The van der Waals surface area contributed by atoms with Crippen molar-refractivity contribution in [1.29, 1.82) is 0 Å². The van der Waals surface area contributed by atoms with Crippen LogP contribution in [0.4, 0.5) is 13.2 Å². The molecule has 0 aliphatic rings. The van der Waals surface area contributed by atoms with Gasteiger partial charge in [0.05, 0.1) is 11.3 Å². The minimum absolute atomic E-state index is 0.0995. The van der Waals surface area contributed by atoms with E-state index < -0.39 is 11.7 Å². The Balaban J connectivity index is 1.95. The van der Waals surface area contributed by atoms with E-state index >= 15 is 0 Å². The van der Waals surface area contributed by atoms with Crippen LogP contribution in [0.3, 0.4) is 0 Å². The third kappa shape index (κ3) is 4.30. The molecule has 1 aromatic heterocycles. The minimum atomic E-state index is -4.33. The molecule has 0 radical (unpaired) electrons. The first-order valence-electron chi connectivity index (χ1n) is 6.21. The van der Waals surface area contributed by atoms with Crippen LogP contribution in [0.25, 0.3) is 0 Å². The highest BCUT2D eigenvalue weighted by molar-refractivity contribution is 5.96. The van der Waals surface area contributed by atoms with E-state index in [1.54, 1.807) is 25.3 Å². The van der Waals surface area contributed by atoms with Crippen LogP contribution in [-0.2, 0) is 17.6 Å². The predicted octanol–water partition coefficient (Wildman–Crippen LogP) is 4.04. The number of hydrogen-bond donors (Lipinski definition) is 0. The van der Waals surface area contributed by atoms with Gasteiger partial charge in [0.25, 0.3) is 0 Å². The zero-order valence-corrected chi connectivity index (χ0v) is 11.3. The summed E-state index contributed by atoms with van der Waals surface area (Å²) in [7, 11) is 0. The van der Waals surface area contributed by atoms with E-state index in [0.717, 1.165) is 12.1 Å². The fraction of sp³-hybridized carbons (Fsp3) is 0.200. The molecular weight excluding hydrogens is 281 g/mol. The van der Waals surface area contributed by atoms with Gasteiger partial charge in [0.2, 0.25) is 0 Å². The van der Waals surface area contributed by atoms with Crippen LogP contribution in [0, 0.1) is 0 Å². The van der Waals surface area contributed by atoms with E-state index in [0.29, 0.717) is 17.0 Å². The van der Waals surface area contributed by atoms with E-state index in [-0.39, 0.29) is 6.61 Å². The van der Waals surface area contributed by atoms with Gasteiger partial charge in [-0.2, -0.15) is 13.2 Å². The maximum absolute atomic E-state index is 12.4. The van der Waals surface area contributed by atoms with Crippen LogP contribution < -0.4 is 0 Å². The maximum Gasteiger partial charge on any atom is 0.416 e. The second-order valence-corrected chi connectivity index (χ2v) is 4.36. The smallest absolute Gasteiger partial charge is 0.391 e. The van der Waals surface area contributed by atoms with Gasteiger partial charge < -0.3 is 4.84 Å². The molecule has 0 aliphatic heterocycles. The summed E-state index contributed by atoms with van der Waals surface area (Å²) < 4.78 is 37.2. The fourth-order valence-electron chi connectivity index (χ4n) is 1.62. The number of benzene rings is 1. The lowest BCUT2D eigenvalue weighted by Crippen LogP contribution is -2.04. The zero-order valence-electron chi connectivity index (χ0n) is 11.3. The van der Waals surface area contributed by atoms with Gasteiger partial charge in [0.15, 0.2) is 0 Å². The van der Waals surface area contributed by atoms with E-state index in [4.69, 9.17) is 4.84 Å². The Labute approximate surface area is 120 Å². The van der Waals surface area contributed by atoms with Gasteiger partial charge in [-0.25, -0.2) is 0 Å². The average molecular weight is 294 g/mol. The lowest BCUT2D eigenvalue weighted by Gasteiger charge is -2.07. The van der Waals surface area contributed by atoms with Crippen molar-refractivity contribution in [1.82, 2.24) is 4.98 Å². The number of halogens is 3. The van der Waals surface area contributed by atoms with Crippen molar-refractivity contribution >= 4 is 5.71 Å². The fourth-order valence-corrected chi connectivity index (χ4v) is 1.62. The summed E-state index contributed by atoms with van der Waals surface area (Å²) in [6.07, 6.45) is -2.68. The first-order valence-corrected chi connectivity index (χ1v) is 6.21. The minimum Gasteiger partial charge on any atom is -0.391 e. The van der Waals surface area contributed by atoms with Gasteiger partial charge in [0.1, 0.15) is 12.3 Å². The molecule has 0 aliphatic carbocycles. The molecule has 0 amide bonds. The van der Waals surface area contributed by atoms with Gasteiger partial charge in [-0.3, -0.25) is 4.98 Å². The number of aromatic nitrogens is 1. The van der Waals surface area contributed by atoms with Crippen molar-refractivity contribution in [2.45, 2.75) is 19.7 Å². The number of oxime groups is 1. The van der Waals surface area contributed by atoms with E-state index in [1.165, 1.54) is 12.1 Å². The maximum atomic E-state index is 12.4. The van der Waals surface area contributed by atoms with Crippen LogP contribution in [0.5, 0.6) is 0 Å². The average Bonchev–Trinajstić information content (AvgIpc) is 2.47. The molecule has 1 heterocycles. The van der Waals surface area contributed by atoms with Crippen LogP contribution in [0.15, 0.2) is 53.8 Å². The van der Waals surface area contributed by atoms with Gasteiger partial charge in [0, 0.05) is 6.20 Å². The molecule has 0 saturated carbocycles. The Morgan fingerprint density at radius 3 is 2.43 bits per heavy atom. The third-order valence-corrected chi connectivity index (χ3v) is 2.75. The highest BCUT2D eigenvalue weighted by atomic mass is 19.4. The molecule has 0 fully saturated rings. The quantitative estimate of drug-likeness (QED) is 0.630. The molecule has 0 spiro atoms. The molecule has 6 heteroatoms. The van der Waals surface area contributed by atoms with Crippen LogP contribution in [0.1, 0.15) is 23.7 Å². The molecule has 0 unspecified atom stereocenters. The second-order valence-electron chi connectivity index (χ2n) is 4.36. The van der Waals surface area contributed by atoms with Gasteiger partial charge in [-0.05, 0) is 36.8 Å². The summed E-state index contributed by atoms with van der Waals surface area (Å²) >= 11 is 0. The molecule has 3 nitrogen and oxygen atoms in total. The first-order chi connectivity index (χ1) is 9.97. The molecule has 0 bridgehead atoms. The predicted molar refractivity (Wildman–Crippen MR) is 72.7 cm³/mol. The highest BCUT2D eigenvalue weighted by Crippen LogP contribution is 2.29. The van der Waals surface area contributed by atoms with Crippen molar-refractivity contribution in [3.05, 3.63) is 65.5 Å². The molecule has 0 atom stereocenters. The number of rotatable bonds is 4. The lowest BCUT2D eigenvalue weighted by molar-refractivity contribution is -0.137. The van der Waals surface area contributed by atoms with Crippen molar-refractivity contribution in [2.24, 2.45) is 5.16 Å². The monoisotopic (exact) mass is 294 g/mol. The van der Waals surface area contributed by atoms with E-state index in [1.807, 2.05) is 6.07 Å². The molecule has 110 valence electrons. The van der Waals surface area contributed by atoms with Crippen molar-refractivity contribution < 1.29 is 18.0 Å². The largest absolute Gasteiger partial charge is 0.416 e. The van der Waals surface area contributed by atoms with Crippen LogP contribution in [0.2, 0.25) is 0 Å². The summed E-state index contributed by atoms with van der Waals surface area (Å²) in [5, 5.41) is 3.89. The molecule has 0 N–H and O–H groups in total. The summed E-state index contributed by atoms with van der Waals surface area (Å²) in [5.74, 6) is 0. The summed E-state index contributed by atoms with van der Waals surface area (Å²) in [6.45, 7) is 1.84. The number of alkyl halides is 3. The van der Waals surface area contributed by atoms with Gasteiger partial charge in [-0.1, -0.05) is 23.4 Å². The molecule has 21 heavy (non-hydrogen) atoms. The summed E-state index contributed by atoms with van der Waals surface area (Å²) in [6, 6.07) is 10.2. The number of hydrogen-bond acceptors (Lipinski definition) is 3. The van der Waals surface area contributed by atoms with Crippen LogP contribution in [-0.4, -0.2) is 10.7 Å². The number of pyridine rings is 1. The Bertz CT molecular complexity index is 607. The third-order valence-electron chi connectivity index (χ3n) is 2.75. The molecule has 2 aromatic rings. The van der Waals surface area contributed by atoms with Crippen molar-refractivity contribution in [3.63, 3.8) is 0 Å². The van der Waals surface area contributed by atoms with E-state index in [2.05, 4.69) is 10.1 Å². The number of nitrogens with zero attached hydrogens (tertiary/aromatic N) is 2. The van der Waals surface area contributed by atoms with Gasteiger partial charge in [-0.15, -0.1) is 0 Å². The molecule has 1 aromatic carbocycles. The lowest BCUT2D eigenvalue weighted by atomic mass is 10.1. The Kier molecular flexibility index (Phi) is 4.57. The molecular formula is C15H13F3N2O. The summed E-state index contributed by atoms with van der Waals surface area (Å²) in [5.41, 5.74) is 1.22. The molecule has 2 rings (SSSR count). The topological polar surface area (TPSA) is 34.5 Å². The normalized spacial score (nSPS) is 12.3. The Hall–Kier alpha value is -2.37. The van der Waals surface area contributed by atoms with E-state index in [9.17, 15) is 13.2 Å². The van der Waals surface area contributed by atoms with Crippen LogP contribution >= 0.6 is 0 Å². The highest BCUT2D eigenvalue weighted by Gasteiger charge is 2.29. The Morgan fingerprint density at radius 2 is 1.86 bits per heavy atom. The zero-order chi connectivity index (χ0) is 15.3. The van der Waals surface area contributed by atoms with Crippen molar-refractivity contribution in [3.8, 4) is 0 Å². The van der Waals surface area contributed by atoms with Crippen molar-refractivity contribution in [2.75, 3.05) is 0 Å². The Morgan fingerprint density at radius 1 is 1.14 bits per heavy atom. The van der Waals surface area contributed by atoms with Gasteiger partial charge >= 0.3 is 6.18 Å². The first kappa shape index (κ1) is 15.0. The SMILES string of the molecule is C/C(=N/OCc1ccc(C(F)(F)F)cc1)c1ccccn1. The second kappa shape index (κ2) is 6.39.